The van der Waals surface area contributed by atoms with Crippen LogP contribution in [0, 0.1) is 5.92 Å². The molecule has 2 fully saturated rings. The molecule has 73 heavy (non-hydrogen) atoms. The van der Waals surface area contributed by atoms with Gasteiger partial charge >= 0.3 is 0 Å². The van der Waals surface area contributed by atoms with Gasteiger partial charge in [0, 0.05) is 74.4 Å². The van der Waals surface area contributed by atoms with Gasteiger partial charge in [0.1, 0.15) is 23.4 Å². The number of carbonyl (C=O) groups excluding carboxylic acids is 5. The van der Waals surface area contributed by atoms with Crippen LogP contribution in [0.3, 0.4) is 0 Å². The second-order valence-electron chi connectivity index (χ2n) is 19.3. The Bertz CT molecular complexity index is 2710. The summed E-state index contributed by atoms with van der Waals surface area (Å²) in [4.78, 5) is 85.0. The number of hydrogen-bond acceptors (Lipinski definition) is 9. The van der Waals surface area contributed by atoms with E-state index in [0.29, 0.717) is 52.9 Å². The quantitative estimate of drug-likeness (QED) is 0.0676. The first-order valence-corrected chi connectivity index (χ1v) is 26.6. The zero-order valence-corrected chi connectivity index (χ0v) is 45.9. The third kappa shape index (κ3) is 14.4. The van der Waals surface area contributed by atoms with Crippen LogP contribution < -0.4 is 15.4 Å². The normalized spacial score (nSPS) is 21.9. The summed E-state index contributed by atoms with van der Waals surface area (Å²) in [5.41, 5.74) is 4.13. The van der Waals surface area contributed by atoms with Crippen LogP contribution in [-0.2, 0) is 61.7 Å². The lowest BCUT2D eigenvalue weighted by atomic mass is 9.87. The molecule has 18 heteroatoms. The summed E-state index contributed by atoms with van der Waals surface area (Å²) in [6, 6.07) is 26.9. The van der Waals surface area contributed by atoms with Crippen molar-refractivity contribution in [3.05, 3.63) is 136 Å². The topological polar surface area (TPSA) is 159 Å². The van der Waals surface area contributed by atoms with Crippen molar-refractivity contribution in [2.24, 2.45) is 13.0 Å². The number of likely N-dealkylation sites (N-methyl/N-ethyl adjacent to an activating group) is 2. The predicted molar refractivity (Wildman–Crippen MR) is 291 cm³/mol. The smallest absolute Gasteiger partial charge is 0.253 e. The van der Waals surface area contributed by atoms with Gasteiger partial charge in [-0.05, 0) is 122 Å². The SMILES string of the molecule is COCC1NC(=O)C(I)N(Cc2ccc(Cl)cc2Oc2ccc(-c3cnc(CN(C)C)n3C)cc2)C(=O)CC(Cc2ccccc2)C(=O)N(C)C2CCCCC2NC(=O)CC(Cc2ccc(Cl)cc2)N(C)C1=O. The highest BCUT2D eigenvalue weighted by molar-refractivity contribution is 14.1. The van der Waals surface area contributed by atoms with Crippen molar-refractivity contribution in [1.82, 2.24) is 39.8 Å². The van der Waals surface area contributed by atoms with Gasteiger partial charge in [-0.1, -0.05) is 84.6 Å². The van der Waals surface area contributed by atoms with Gasteiger partial charge in [0.2, 0.25) is 23.6 Å². The molecular formula is C55H65Cl2IN8O7. The standard InChI is InChI=1S/C55H65Cl2IN8O7/c1-62(2)33-49-59-31-47(64(49)4)37-19-24-43(25-20-37)73-48-29-41(57)23-18-38(48)32-66-51(68)28-39(26-35-12-8-7-9-13-35)54(70)65(5)46-15-11-10-14-44(46)60-50(67)30-42(27-36-16-21-40(56)22-17-36)63(3)55(71)45(34-72-6)61-53(69)52(66)58/h7-9,12-13,16-25,29,31,39,42,44-46,52H,10-11,14-15,26-28,30,32-34H2,1-6H3,(H,60,67)(H,61,69). The number of amides is 5. The average Bonchev–Trinajstić information content (AvgIpc) is 3.73. The molecule has 2 aliphatic rings. The predicted octanol–water partition coefficient (Wildman–Crippen LogP) is 8.08. The Morgan fingerprint density at radius 2 is 1.47 bits per heavy atom. The van der Waals surface area contributed by atoms with E-state index in [0.717, 1.165) is 41.1 Å². The van der Waals surface area contributed by atoms with Crippen molar-refractivity contribution < 1.29 is 33.4 Å². The van der Waals surface area contributed by atoms with E-state index in [9.17, 15) is 14.4 Å². The van der Waals surface area contributed by atoms with Gasteiger partial charge in [-0.15, -0.1) is 0 Å². The van der Waals surface area contributed by atoms with Gasteiger partial charge in [-0.3, -0.25) is 24.0 Å². The molecule has 2 heterocycles. The van der Waals surface area contributed by atoms with Crippen LogP contribution in [0.5, 0.6) is 11.5 Å². The Kier molecular flexibility index (Phi) is 19.4. The third-order valence-corrected chi connectivity index (χ3v) is 15.5. The summed E-state index contributed by atoms with van der Waals surface area (Å²) in [6.45, 7) is 0.368. The van der Waals surface area contributed by atoms with Gasteiger partial charge in [0.15, 0.2) is 4.05 Å². The Hall–Kier alpha value is -5.53. The number of halogens is 3. The highest BCUT2D eigenvalue weighted by atomic mass is 127. The van der Waals surface area contributed by atoms with Crippen molar-refractivity contribution in [1.29, 1.82) is 0 Å². The van der Waals surface area contributed by atoms with Gasteiger partial charge in [-0.2, -0.15) is 0 Å². The number of nitrogens with one attached hydrogen (secondary N) is 2. The minimum Gasteiger partial charge on any atom is -0.457 e. The zero-order valence-electron chi connectivity index (χ0n) is 42.2. The average molecular weight is 1150 g/mol. The van der Waals surface area contributed by atoms with Gasteiger partial charge in [-0.25, -0.2) is 4.98 Å². The molecule has 4 aromatic carbocycles. The van der Waals surface area contributed by atoms with Crippen LogP contribution in [-0.4, -0.2) is 129 Å². The van der Waals surface area contributed by atoms with E-state index >= 15 is 9.59 Å². The summed E-state index contributed by atoms with van der Waals surface area (Å²) < 4.78 is 12.9. The molecule has 1 aromatic heterocycles. The second kappa shape index (κ2) is 25.6. The molecule has 1 saturated carbocycles. The van der Waals surface area contributed by atoms with Gasteiger partial charge in [0.05, 0.1) is 43.5 Å². The molecule has 0 bridgehead atoms. The lowest BCUT2D eigenvalue weighted by Gasteiger charge is -2.40. The fourth-order valence-corrected chi connectivity index (χ4v) is 10.7. The number of fused-ring (bicyclic) bond motifs is 1. The molecular weight excluding hydrogens is 1080 g/mol. The first-order chi connectivity index (χ1) is 35.0. The molecule has 1 saturated heterocycles. The number of imidazole rings is 1. The number of ether oxygens (including phenoxy) is 2. The first kappa shape index (κ1) is 55.2. The number of methoxy groups -OCH3 is 1. The van der Waals surface area contributed by atoms with Crippen molar-refractivity contribution in [3.63, 3.8) is 0 Å². The molecule has 2 N–H and O–H groups in total. The van der Waals surface area contributed by atoms with E-state index in [1.807, 2.05) is 117 Å². The molecule has 6 unspecified atom stereocenters. The minimum absolute atomic E-state index is 0.0505. The fraction of sp³-hybridized carbons (Fsp3) is 0.418. The summed E-state index contributed by atoms with van der Waals surface area (Å²) in [5, 5.41) is 7.07. The van der Waals surface area contributed by atoms with Crippen molar-refractivity contribution in [2.45, 2.75) is 92.7 Å². The highest BCUT2D eigenvalue weighted by Crippen LogP contribution is 2.34. The van der Waals surface area contributed by atoms with E-state index in [2.05, 4.69) is 25.1 Å². The molecule has 1 aliphatic heterocycles. The summed E-state index contributed by atoms with van der Waals surface area (Å²) in [7, 11) is 10.8. The minimum atomic E-state index is -1.20. The molecule has 6 atom stereocenters. The Morgan fingerprint density at radius 3 is 2.16 bits per heavy atom. The van der Waals surface area contributed by atoms with Crippen LogP contribution in [0.15, 0.2) is 103 Å². The van der Waals surface area contributed by atoms with E-state index in [1.165, 1.54) is 16.9 Å². The lowest BCUT2D eigenvalue weighted by molar-refractivity contribution is -0.145. The number of rotatable bonds is 13. The number of hydrogen-bond donors (Lipinski definition) is 2. The van der Waals surface area contributed by atoms with E-state index in [4.69, 9.17) is 32.7 Å². The molecule has 7 rings (SSSR count). The number of alkyl halides is 1. The molecule has 1 aliphatic carbocycles. The number of aromatic nitrogens is 2. The molecule has 5 amide bonds. The number of benzene rings is 4. The number of carbonyl (C=O) groups is 5. The Balaban J connectivity index is 1.25. The summed E-state index contributed by atoms with van der Waals surface area (Å²) in [6.07, 6.45) is 5.11. The van der Waals surface area contributed by atoms with Gasteiger partial charge < -0.3 is 44.3 Å². The molecule has 15 nitrogen and oxygen atoms in total. The molecule has 388 valence electrons. The summed E-state index contributed by atoms with van der Waals surface area (Å²) >= 11 is 14.8. The fourth-order valence-electron chi connectivity index (χ4n) is 9.73. The van der Waals surface area contributed by atoms with Crippen LogP contribution in [0.25, 0.3) is 11.3 Å². The number of nitrogens with zero attached hydrogens (tertiary/aromatic N) is 6. The monoisotopic (exact) mass is 1150 g/mol. The van der Waals surface area contributed by atoms with Crippen LogP contribution in [0.2, 0.25) is 10.0 Å². The van der Waals surface area contributed by atoms with Gasteiger partial charge in [0.25, 0.3) is 5.91 Å². The molecule has 0 spiro atoms. The third-order valence-electron chi connectivity index (χ3n) is 13.8. The zero-order chi connectivity index (χ0) is 52.3. The second-order valence-corrected chi connectivity index (χ2v) is 21.4. The Labute approximate surface area is 452 Å². The van der Waals surface area contributed by atoms with Crippen molar-refractivity contribution in [2.75, 3.05) is 41.9 Å². The van der Waals surface area contributed by atoms with Crippen molar-refractivity contribution in [3.8, 4) is 22.8 Å². The van der Waals surface area contributed by atoms with E-state index < -0.39 is 39.8 Å². The maximum absolute atomic E-state index is 15.2. The largest absolute Gasteiger partial charge is 0.457 e. The molecule has 0 radical (unpaired) electrons. The highest BCUT2D eigenvalue weighted by Gasteiger charge is 2.39. The lowest BCUT2D eigenvalue weighted by Crippen LogP contribution is -2.58. The van der Waals surface area contributed by atoms with E-state index in [1.54, 1.807) is 49.3 Å². The first-order valence-electron chi connectivity index (χ1n) is 24.6. The van der Waals surface area contributed by atoms with Crippen LogP contribution >= 0.6 is 45.8 Å². The maximum atomic E-state index is 15.2. The molecule has 5 aromatic rings. The van der Waals surface area contributed by atoms with E-state index in [-0.39, 0.29) is 56.3 Å². The van der Waals surface area contributed by atoms with Crippen molar-refractivity contribution >= 4 is 75.3 Å². The van der Waals surface area contributed by atoms with Crippen LogP contribution in [0.1, 0.15) is 61.0 Å². The maximum Gasteiger partial charge on any atom is 0.253 e. The summed E-state index contributed by atoms with van der Waals surface area (Å²) in [5.74, 6) is -1.18. The van der Waals surface area contributed by atoms with Crippen LogP contribution in [0.4, 0.5) is 0 Å². The Morgan fingerprint density at radius 1 is 0.781 bits per heavy atom.